The van der Waals surface area contributed by atoms with Crippen LogP contribution in [0.5, 0.6) is 0 Å². The van der Waals surface area contributed by atoms with Crippen LogP contribution < -0.4 is 5.32 Å². The molecule has 0 spiro atoms. The second-order valence-electron chi connectivity index (χ2n) is 4.62. The van der Waals surface area contributed by atoms with Crippen LogP contribution in [-0.2, 0) is 14.3 Å². The van der Waals surface area contributed by atoms with E-state index < -0.39 is 18.5 Å². The smallest absolute Gasteiger partial charge is 0.359 e. The quantitative estimate of drug-likeness (QED) is 0.752. The summed E-state index contributed by atoms with van der Waals surface area (Å²) in [5.41, 5.74) is 0.829. The number of amides is 2. The molecule has 8 heteroatoms. The number of benzene rings is 1. The number of rotatable bonds is 5. The second kappa shape index (κ2) is 6.70. The highest BCUT2D eigenvalue weighted by Gasteiger charge is 2.18. The van der Waals surface area contributed by atoms with Gasteiger partial charge < -0.3 is 15.0 Å². The number of nitrogens with zero attached hydrogens (tertiary/aromatic N) is 2. The van der Waals surface area contributed by atoms with Gasteiger partial charge in [-0.1, -0.05) is 18.2 Å². The van der Waals surface area contributed by atoms with Gasteiger partial charge in [0.15, 0.2) is 12.3 Å². The van der Waals surface area contributed by atoms with Gasteiger partial charge in [-0.25, -0.2) is 4.79 Å². The lowest BCUT2D eigenvalue weighted by Gasteiger charge is -2.15. The molecule has 2 rings (SSSR count). The van der Waals surface area contributed by atoms with Gasteiger partial charge in [0.05, 0.1) is 12.1 Å². The minimum atomic E-state index is -0.695. The molecule has 0 radical (unpaired) electrons. The van der Waals surface area contributed by atoms with Crippen molar-refractivity contribution in [2.75, 3.05) is 27.2 Å². The minimum Gasteiger partial charge on any atom is -0.451 e. The first kappa shape index (κ1) is 15.5. The monoisotopic (exact) mass is 304 g/mol. The van der Waals surface area contributed by atoms with Crippen LogP contribution in [0.15, 0.2) is 24.3 Å². The van der Waals surface area contributed by atoms with Crippen LogP contribution in [0.25, 0.3) is 10.9 Å². The van der Waals surface area contributed by atoms with E-state index in [1.165, 1.54) is 19.0 Å². The maximum Gasteiger partial charge on any atom is 0.359 e. The Kier molecular flexibility index (Phi) is 4.72. The third-order valence-electron chi connectivity index (χ3n) is 3.08. The zero-order valence-electron chi connectivity index (χ0n) is 12.3. The Morgan fingerprint density at radius 3 is 2.77 bits per heavy atom. The van der Waals surface area contributed by atoms with E-state index in [-0.39, 0.29) is 18.1 Å². The van der Waals surface area contributed by atoms with Gasteiger partial charge >= 0.3 is 5.97 Å². The Bertz CT molecular complexity index is 710. The Hall–Kier alpha value is -2.90. The number of carbonyl (C=O) groups is 3. The Morgan fingerprint density at radius 2 is 2.05 bits per heavy atom. The van der Waals surface area contributed by atoms with Crippen LogP contribution in [0.3, 0.4) is 0 Å². The Morgan fingerprint density at radius 1 is 1.32 bits per heavy atom. The first-order valence-electron chi connectivity index (χ1n) is 6.57. The summed E-state index contributed by atoms with van der Waals surface area (Å²) in [6.07, 6.45) is 0. The van der Waals surface area contributed by atoms with Crippen LogP contribution >= 0.6 is 0 Å². The first-order valence-corrected chi connectivity index (χ1v) is 6.57. The number of para-hydroxylation sites is 1. The molecular weight excluding hydrogens is 288 g/mol. The number of aromatic nitrogens is 2. The standard InChI is InChI=1S/C14H16N4O4/c1-15-11(19)7-18(2)12(20)8-22-14(21)13-9-5-3-4-6-10(9)16-17-13/h3-6H,7-8H2,1-2H3,(H,15,19)(H,16,17). The fourth-order valence-corrected chi connectivity index (χ4v) is 1.81. The van der Waals surface area contributed by atoms with Gasteiger partial charge in [-0.2, -0.15) is 5.10 Å². The molecule has 0 aliphatic heterocycles. The molecule has 1 aromatic carbocycles. The SMILES string of the molecule is CNC(=O)CN(C)C(=O)COC(=O)c1n[nH]c2ccccc12. The highest BCUT2D eigenvalue weighted by molar-refractivity contribution is 6.02. The number of aromatic amines is 1. The van der Waals surface area contributed by atoms with Gasteiger partial charge in [-0.3, -0.25) is 14.7 Å². The number of hydrogen-bond acceptors (Lipinski definition) is 5. The Balaban J connectivity index is 1.95. The summed E-state index contributed by atoms with van der Waals surface area (Å²) in [5, 5.41) is 9.63. The van der Waals surface area contributed by atoms with Gasteiger partial charge in [0, 0.05) is 19.5 Å². The van der Waals surface area contributed by atoms with Crippen LogP contribution in [0, 0.1) is 0 Å². The highest BCUT2D eigenvalue weighted by Crippen LogP contribution is 2.15. The number of likely N-dealkylation sites (N-methyl/N-ethyl adjacent to an activating group) is 2. The molecule has 22 heavy (non-hydrogen) atoms. The normalized spacial score (nSPS) is 10.3. The van der Waals surface area contributed by atoms with Gasteiger partial charge in [0.2, 0.25) is 5.91 Å². The molecule has 0 atom stereocenters. The average molecular weight is 304 g/mol. The molecule has 1 aromatic heterocycles. The molecule has 8 nitrogen and oxygen atoms in total. The van der Waals surface area contributed by atoms with Gasteiger partial charge in [0.25, 0.3) is 5.91 Å². The van der Waals surface area contributed by atoms with Crippen molar-refractivity contribution in [1.29, 1.82) is 0 Å². The molecule has 0 aliphatic rings. The number of carbonyl (C=O) groups excluding carboxylic acids is 3. The third kappa shape index (κ3) is 3.40. The van der Waals surface area contributed by atoms with Crippen LogP contribution in [0.1, 0.15) is 10.5 Å². The van der Waals surface area contributed by atoms with Crippen molar-refractivity contribution in [2.24, 2.45) is 0 Å². The number of H-pyrrole nitrogens is 1. The summed E-state index contributed by atoms with van der Waals surface area (Å²) in [6.45, 7) is -0.550. The summed E-state index contributed by atoms with van der Waals surface area (Å²) in [6, 6.07) is 7.10. The number of esters is 1. The van der Waals surface area contributed by atoms with Crippen LogP contribution in [-0.4, -0.2) is 60.1 Å². The van der Waals surface area contributed by atoms with Crippen molar-refractivity contribution in [3.63, 3.8) is 0 Å². The van der Waals surface area contributed by atoms with E-state index >= 15 is 0 Å². The van der Waals surface area contributed by atoms with Crippen molar-refractivity contribution in [2.45, 2.75) is 0 Å². The zero-order chi connectivity index (χ0) is 16.1. The summed E-state index contributed by atoms with van der Waals surface area (Å²) in [5.74, 6) is -1.48. The lowest BCUT2D eigenvalue weighted by molar-refractivity contribution is -0.137. The van der Waals surface area contributed by atoms with E-state index in [2.05, 4.69) is 15.5 Å². The second-order valence-corrected chi connectivity index (χ2v) is 4.62. The van der Waals surface area contributed by atoms with Crippen molar-refractivity contribution >= 4 is 28.7 Å². The van der Waals surface area contributed by atoms with Gasteiger partial charge in [-0.05, 0) is 6.07 Å². The lowest BCUT2D eigenvalue weighted by Crippen LogP contribution is -2.39. The maximum atomic E-state index is 12.0. The molecule has 0 bridgehead atoms. The summed E-state index contributed by atoms with van der Waals surface area (Å²) in [4.78, 5) is 36.1. The van der Waals surface area contributed by atoms with E-state index in [1.807, 2.05) is 6.07 Å². The van der Waals surface area contributed by atoms with E-state index in [1.54, 1.807) is 18.2 Å². The predicted octanol–water partition coefficient (Wildman–Crippen LogP) is -0.0759. The fraction of sp³-hybridized carbons (Fsp3) is 0.286. The van der Waals surface area contributed by atoms with Crippen molar-refractivity contribution < 1.29 is 19.1 Å². The van der Waals surface area contributed by atoms with E-state index in [4.69, 9.17) is 4.74 Å². The summed E-state index contributed by atoms with van der Waals surface area (Å²) >= 11 is 0. The molecule has 0 unspecified atom stereocenters. The molecule has 0 saturated heterocycles. The van der Waals surface area contributed by atoms with Crippen LogP contribution in [0.4, 0.5) is 0 Å². The highest BCUT2D eigenvalue weighted by atomic mass is 16.5. The van der Waals surface area contributed by atoms with E-state index in [0.717, 1.165) is 0 Å². The third-order valence-corrected chi connectivity index (χ3v) is 3.08. The molecule has 116 valence electrons. The summed E-state index contributed by atoms with van der Waals surface area (Å²) in [7, 11) is 2.93. The number of fused-ring (bicyclic) bond motifs is 1. The van der Waals surface area contributed by atoms with E-state index in [9.17, 15) is 14.4 Å². The van der Waals surface area contributed by atoms with Gasteiger partial charge in [-0.15, -0.1) is 0 Å². The molecule has 2 amide bonds. The minimum absolute atomic E-state index is 0.0990. The number of hydrogen-bond donors (Lipinski definition) is 2. The Labute approximate surface area is 126 Å². The zero-order valence-corrected chi connectivity index (χ0v) is 12.3. The molecular formula is C14H16N4O4. The fourth-order valence-electron chi connectivity index (χ4n) is 1.81. The maximum absolute atomic E-state index is 12.0. The van der Waals surface area contributed by atoms with E-state index in [0.29, 0.717) is 10.9 Å². The van der Waals surface area contributed by atoms with Crippen LogP contribution in [0.2, 0.25) is 0 Å². The molecule has 2 N–H and O–H groups in total. The largest absolute Gasteiger partial charge is 0.451 e. The topological polar surface area (TPSA) is 104 Å². The molecule has 1 heterocycles. The van der Waals surface area contributed by atoms with Crippen molar-refractivity contribution in [1.82, 2.24) is 20.4 Å². The summed E-state index contributed by atoms with van der Waals surface area (Å²) < 4.78 is 4.95. The van der Waals surface area contributed by atoms with Crippen molar-refractivity contribution in [3.05, 3.63) is 30.0 Å². The predicted molar refractivity (Wildman–Crippen MR) is 78.1 cm³/mol. The number of nitrogens with one attached hydrogen (secondary N) is 2. The van der Waals surface area contributed by atoms with Gasteiger partial charge in [0.1, 0.15) is 0 Å². The van der Waals surface area contributed by atoms with Crippen molar-refractivity contribution in [3.8, 4) is 0 Å². The molecule has 0 aliphatic carbocycles. The first-order chi connectivity index (χ1) is 10.5. The lowest BCUT2D eigenvalue weighted by atomic mass is 10.2. The average Bonchev–Trinajstić information content (AvgIpc) is 2.96. The number of ether oxygens (including phenoxy) is 1. The molecule has 0 fully saturated rings. The molecule has 2 aromatic rings. The molecule has 0 saturated carbocycles.